The van der Waals surface area contributed by atoms with Crippen LogP contribution in [0.2, 0.25) is 3.93 Å². The van der Waals surface area contributed by atoms with Gasteiger partial charge in [-0.2, -0.15) is 0 Å². The summed E-state index contributed by atoms with van der Waals surface area (Å²) in [6.45, 7) is 0.471. The van der Waals surface area contributed by atoms with Crippen molar-refractivity contribution in [2.75, 3.05) is 13.7 Å². The first-order valence-electron chi connectivity index (χ1n) is 5.01. The zero-order valence-electron chi connectivity index (χ0n) is 9.93. The zero-order valence-corrected chi connectivity index (χ0v) is 16.2. The molecule has 0 aliphatic heterocycles. The Morgan fingerprint density at radius 3 is 2.56 bits per heavy atom. The number of hydrogen-bond acceptors (Lipinski definition) is 4. The van der Waals surface area contributed by atoms with Crippen LogP contribution in [0.15, 0.2) is 12.1 Å². The van der Waals surface area contributed by atoms with E-state index in [0.29, 0.717) is 37.5 Å². The topological polar surface area (TPSA) is 107 Å². The molecule has 0 spiro atoms. The standard InChI is InChI=1S/C10H12NO4S.Hg.H2O/c1-6(15-2)5-11-9(12)7-3-4-8(16-7)10(13)14;;/h3-4,6H,1,5H2,2H3,(H,11,12)(H,13,14);;1H2. The average Bonchev–Trinajstić information content (AvgIpc) is 2.79. The zero-order chi connectivity index (χ0) is 12.8. The van der Waals surface area contributed by atoms with Gasteiger partial charge >= 0.3 is 120 Å². The summed E-state index contributed by atoms with van der Waals surface area (Å²) in [7, 11) is 1.62. The summed E-state index contributed by atoms with van der Waals surface area (Å²) < 4.78 is 6.17. The first-order valence-corrected chi connectivity index (χ1v) is 9.72. The molecule has 1 rings (SSSR count). The third-order valence-corrected chi connectivity index (χ3v) is 5.76. The molecule has 0 saturated heterocycles. The normalized spacial score (nSPS) is 11.5. The number of thiophene rings is 1. The van der Waals surface area contributed by atoms with E-state index in [-0.39, 0.29) is 22.4 Å². The first-order chi connectivity index (χ1) is 8.08. The number of rotatable bonds is 6. The predicted octanol–water partition coefficient (Wildman–Crippen LogP) is 0.332. The van der Waals surface area contributed by atoms with Crippen molar-refractivity contribution < 1.29 is 51.0 Å². The van der Waals surface area contributed by atoms with E-state index in [1.54, 1.807) is 7.11 Å². The fraction of sp³-hybridized carbons (Fsp3) is 0.400. The van der Waals surface area contributed by atoms with Gasteiger partial charge in [-0.3, -0.25) is 0 Å². The van der Waals surface area contributed by atoms with Gasteiger partial charge in [-0.25, -0.2) is 0 Å². The fourth-order valence-corrected chi connectivity index (χ4v) is 3.64. The summed E-state index contributed by atoms with van der Waals surface area (Å²) in [5.41, 5.74) is 0. The van der Waals surface area contributed by atoms with Crippen molar-refractivity contribution in [2.45, 2.75) is 10.0 Å². The Bertz CT molecular complexity index is 405. The van der Waals surface area contributed by atoms with Crippen molar-refractivity contribution in [3.05, 3.63) is 21.9 Å². The molecule has 1 aromatic rings. The summed E-state index contributed by atoms with van der Waals surface area (Å²) in [5, 5.41) is 11.5. The van der Waals surface area contributed by atoms with Gasteiger partial charge in [0.25, 0.3) is 0 Å². The summed E-state index contributed by atoms with van der Waals surface area (Å²) in [4.78, 5) is 22.9. The van der Waals surface area contributed by atoms with Crippen LogP contribution in [0.25, 0.3) is 0 Å². The molecule has 18 heavy (non-hydrogen) atoms. The molecule has 1 heterocycles. The van der Waals surface area contributed by atoms with Gasteiger partial charge in [-0.15, -0.1) is 0 Å². The van der Waals surface area contributed by atoms with Crippen LogP contribution in [0, 0.1) is 0 Å². The number of aromatic carboxylic acids is 1. The van der Waals surface area contributed by atoms with Crippen molar-refractivity contribution in [3.63, 3.8) is 0 Å². The van der Waals surface area contributed by atoms with Gasteiger partial charge in [-0.1, -0.05) is 0 Å². The first kappa shape index (κ1) is 17.5. The van der Waals surface area contributed by atoms with Gasteiger partial charge in [0.2, 0.25) is 0 Å². The number of carboxylic acids is 1. The summed E-state index contributed by atoms with van der Waals surface area (Å²) in [6, 6.07) is 2.96. The van der Waals surface area contributed by atoms with Crippen molar-refractivity contribution in [1.82, 2.24) is 5.32 Å². The molecule has 1 amide bonds. The maximum atomic E-state index is 11.7. The Morgan fingerprint density at radius 1 is 1.50 bits per heavy atom. The van der Waals surface area contributed by atoms with Crippen molar-refractivity contribution in [3.8, 4) is 0 Å². The molecule has 0 fully saturated rings. The van der Waals surface area contributed by atoms with E-state index >= 15 is 0 Å². The van der Waals surface area contributed by atoms with Crippen LogP contribution in [0.3, 0.4) is 0 Å². The van der Waals surface area contributed by atoms with Gasteiger partial charge in [0.1, 0.15) is 0 Å². The van der Waals surface area contributed by atoms with Crippen molar-refractivity contribution >= 4 is 23.2 Å². The van der Waals surface area contributed by atoms with Crippen LogP contribution in [0.4, 0.5) is 0 Å². The molecular formula is C10H14HgNO5S. The van der Waals surface area contributed by atoms with Crippen LogP contribution in [0.5, 0.6) is 0 Å². The molecular weight excluding hydrogens is 447 g/mol. The number of carbonyl (C=O) groups is 2. The predicted molar refractivity (Wildman–Crippen MR) is 62.8 cm³/mol. The molecule has 0 aliphatic rings. The van der Waals surface area contributed by atoms with Crippen LogP contribution < -0.4 is 5.32 Å². The minimum atomic E-state index is -1.01. The Kier molecular flexibility index (Phi) is 8.33. The number of methoxy groups -OCH3 is 1. The SMILES string of the molecule is COC([CH2][Hg])CNC(=O)c1ccc(C(=O)O)s1.O. The molecule has 1 unspecified atom stereocenters. The van der Waals surface area contributed by atoms with Gasteiger partial charge in [0, 0.05) is 0 Å². The fourth-order valence-electron chi connectivity index (χ4n) is 1.17. The van der Waals surface area contributed by atoms with E-state index in [1.165, 1.54) is 12.1 Å². The van der Waals surface area contributed by atoms with Crippen LogP contribution in [0.1, 0.15) is 19.3 Å². The number of hydrogen-bond donors (Lipinski definition) is 2. The van der Waals surface area contributed by atoms with E-state index in [0.717, 1.165) is 15.3 Å². The van der Waals surface area contributed by atoms with Gasteiger partial charge < -0.3 is 5.48 Å². The molecule has 1 aromatic heterocycles. The molecule has 6 nitrogen and oxygen atoms in total. The minimum absolute atomic E-state index is 0. The monoisotopic (exact) mass is 462 g/mol. The molecule has 0 aromatic carbocycles. The van der Waals surface area contributed by atoms with Crippen LogP contribution >= 0.6 is 11.3 Å². The third kappa shape index (κ3) is 5.01. The molecule has 4 N–H and O–H groups in total. The Labute approximate surface area is 125 Å². The van der Waals surface area contributed by atoms with Crippen molar-refractivity contribution in [1.29, 1.82) is 0 Å². The van der Waals surface area contributed by atoms with E-state index in [2.05, 4.69) is 5.32 Å². The van der Waals surface area contributed by atoms with E-state index in [1.807, 2.05) is 0 Å². The summed E-state index contributed by atoms with van der Waals surface area (Å²) in [5.74, 6) is -1.25. The molecule has 0 bridgehead atoms. The van der Waals surface area contributed by atoms with E-state index < -0.39 is 5.97 Å². The Balaban J connectivity index is 0.00000289. The smallest absolute Gasteiger partial charge is 0.412 e. The van der Waals surface area contributed by atoms with Crippen LogP contribution in [-0.2, 0) is 30.9 Å². The second-order valence-electron chi connectivity index (χ2n) is 3.33. The molecule has 0 aliphatic carbocycles. The maximum absolute atomic E-state index is 11.7. The number of amides is 1. The molecule has 97 valence electrons. The Morgan fingerprint density at radius 2 is 2.11 bits per heavy atom. The average molecular weight is 461 g/mol. The largest absolute Gasteiger partial charge is 0.412 e. The number of nitrogens with one attached hydrogen (secondary N) is 1. The number of ether oxygens (including phenoxy) is 1. The summed E-state index contributed by atoms with van der Waals surface area (Å²) >= 11 is 1.61. The second-order valence-corrected chi connectivity index (χ2v) is 6.65. The maximum Gasteiger partial charge on any atom is -0.412 e. The van der Waals surface area contributed by atoms with E-state index in [9.17, 15) is 9.59 Å². The number of carbonyl (C=O) groups excluding carboxylic acids is 1. The quantitative estimate of drug-likeness (QED) is 0.596. The van der Waals surface area contributed by atoms with E-state index in [4.69, 9.17) is 9.84 Å². The van der Waals surface area contributed by atoms with Gasteiger partial charge in [-0.05, 0) is 0 Å². The molecule has 0 radical (unpaired) electrons. The minimum Gasteiger partial charge on any atom is -0.412 e. The van der Waals surface area contributed by atoms with Crippen LogP contribution in [-0.4, -0.2) is 42.2 Å². The third-order valence-electron chi connectivity index (χ3n) is 2.19. The summed E-state index contributed by atoms with van der Waals surface area (Å²) in [6.07, 6.45) is 0.0705. The molecule has 1 atom stereocenters. The molecule has 0 saturated carbocycles. The molecule has 8 heteroatoms. The van der Waals surface area contributed by atoms with Gasteiger partial charge in [0.15, 0.2) is 0 Å². The Hall–Kier alpha value is -0.505. The number of carboxylic acid groups (broad SMARTS) is 1. The second kappa shape index (κ2) is 8.57. The van der Waals surface area contributed by atoms with Crippen molar-refractivity contribution in [2.24, 2.45) is 0 Å². The van der Waals surface area contributed by atoms with Gasteiger partial charge in [0.05, 0.1) is 0 Å².